The second-order valence-corrected chi connectivity index (χ2v) is 15.1. The second-order valence-electron chi connectivity index (χ2n) is 12.8. The number of aliphatic hydroxyl groups excluding tert-OH is 1. The maximum atomic E-state index is 14.3. The fourth-order valence-corrected chi connectivity index (χ4v) is 11.1. The van der Waals surface area contributed by atoms with Crippen LogP contribution < -0.4 is 0 Å². The highest BCUT2D eigenvalue weighted by Crippen LogP contribution is 2.70. The lowest BCUT2D eigenvalue weighted by molar-refractivity contribution is -0.226. The van der Waals surface area contributed by atoms with Crippen LogP contribution in [0, 0.1) is 28.6 Å². The lowest BCUT2D eigenvalue weighted by Crippen LogP contribution is -2.63. The van der Waals surface area contributed by atoms with Crippen molar-refractivity contribution in [2.75, 3.05) is 5.75 Å². The number of fused-ring (bicyclic) bond motifs is 8. The zero-order valence-electron chi connectivity index (χ0n) is 23.2. The van der Waals surface area contributed by atoms with Crippen molar-refractivity contribution in [1.29, 1.82) is 0 Å². The molecule has 11 heteroatoms. The van der Waals surface area contributed by atoms with Crippen LogP contribution in [0.1, 0.15) is 46.0 Å². The molecule has 42 heavy (non-hydrogen) atoms. The minimum Gasteiger partial charge on any atom is -0.393 e. The fourth-order valence-electron chi connectivity index (χ4n) is 9.07. The molecule has 6 nitrogen and oxygen atoms in total. The Hall–Kier alpha value is -2.05. The quantitative estimate of drug-likeness (QED) is 0.395. The maximum absolute atomic E-state index is 14.3. The number of thioether (sulfide) groups is 1. The average Bonchev–Trinajstić information content (AvgIpc) is 3.56. The van der Waals surface area contributed by atoms with Crippen LogP contribution in [-0.2, 0) is 19.1 Å². The van der Waals surface area contributed by atoms with Gasteiger partial charge in [-0.2, -0.15) is 13.2 Å². The first kappa shape index (κ1) is 28.7. The van der Waals surface area contributed by atoms with Crippen LogP contribution in [-0.4, -0.2) is 57.7 Å². The number of ketones is 2. The fraction of sp³-hybridized carbons (Fsp3) is 0.581. The van der Waals surface area contributed by atoms with Gasteiger partial charge in [0.1, 0.15) is 0 Å². The smallest absolute Gasteiger partial charge is 0.393 e. The number of hydrogen-bond donors (Lipinski definition) is 1. The molecule has 1 aromatic carbocycles. The van der Waals surface area contributed by atoms with Crippen LogP contribution in [0.15, 0.2) is 52.4 Å². The number of carbonyl (C=O) groups is 2. The summed E-state index contributed by atoms with van der Waals surface area (Å²) in [7, 11) is 0. The van der Waals surface area contributed by atoms with Crippen LogP contribution >= 0.6 is 23.1 Å². The Morgan fingerprint density at radius 2 is 2.05 bits per heavy atom. The number of Topliss-reactive ketones (excluding diaryl/α,β-unsaturated/α-hetero) is 1. The number of aromatic nitrogens is 1. The van der Waals surface area contributed by atoms with E-state index in [1.807, 2.05) is 37.3 Å². The summed E-state index contributed by atoms with van der Waals surface area (Å²) in [5.74, 6) is -0.709. The summed E-state index contributed by atoms with van der Waals surface area (Å²) in [6, 6.07) is 7.66. The molecule has 0 amide bonds. The van der Waals surface area contributed by atoms with Crippen molar-refractivity contribution >= 4 is 44.9 Å². The molecule has 7 rings (SSSR count). The molecule has 4 aliphatic carbocycles. The van der Waals surface area contributed by atoms with E-state index in [2.05, 4.69) is 11.9 Å². The van der Waals surface area contributed by atoms with E-state index in [1.54, 1.807) is 12.2 Å². The predicted octanol–water partition coefficient (Wildman–Crippen LogP) is 6.28. The number of rotatable bonds is 5. The van der Waals surface area contributed by atoms with Gasteiger partial charge >= 0.3 is 6.18 Å². The SMILES string of the molecule is CC12C=CC(=O)C=C1CCC1C2[C@@H](O)CC2(C)C1C[C@@H]1OC(CC(F)(F)F)O[C@]12C(=O)CSc1nc2ccccc2s1. The van der Waals surface area contributed by atoms with E-state index < -0.39 is 47.5 Å². The summed E-state index contributed by atoms with van der Waals surface area (Å²) in [6.07, 6.45) is -1.96. The highest BCUT2D eigenvalue weighted by molar-refractivity contribution is 8.01. The topological polar surface area (TPSA) is 85.7 Å². The van der Waals surface area contributed by atoms with Crippen molar-refractivity contribution in [3.63, 3.8) is 0 Å². The van der Waals surface area contributed by atoms with Gasteiger partial charge in [-0.15, -0.1) is 11.3 Å². The van der Waals surface area contributed by atoms with Crippen molar-refractivity contribution in [3.8, 4) is 0 Å². The van der Waals surface area contributed by atoms with Gasteiger partial charge in [-0.25, -0.2) is 4.98 Å². The van der Waals surface area contributed by atoms with E-state index in [1.165, 1.54) is 23.1 Å². The van der Waals surface area contributed by atoms with E-state index >= 15 is 0 Å². The van der Waals surface area contributed by atoms with Crippen molar-refractivity contribution in [3.05, 3.63) is 48.1 Å². The number of para-hydroxylation sites is 1. The molecule has 1 saturated heterocycles. The number of halogens is 3. The van der Waals surface area contributed by atoms with Crippen molar-refractivity contribution in [2.45, 2.75) is 80.6 Å². The molecule has 0 spiro atoms. The van der Waals surface area contributed by atoms with Crippen molar-refractivity contribution < 1.29 is 37.3 Å². The van der Waals surface area contributed by atoms with Crippen molar-refractivity contribution in [1.82, 2.24) is 4.98 Å². The molecule has 0 bridgehead atoms. The highest BCUT2D eigenvalue weighted by atomic mass is 32.2. The third-order valence-corrected chi connectivity index (χ3v) is 12.9. The molecule has 4 fully saturated rings. The molecule has 2 aromatic rings. The Kier molecular flexibility index (Phi) is 6.65. The summed E-state index contributed by atoms with van der Waals surface area (Å²) in [4.78, 5) is 31.1. The van der Waals surface area contributed by atoms with E-state index in [0.717, 1.165) is 15.8 Å². The number of ether oxygens (including phenoxy) is 2. The number of nitrogens with zero attached hydrogens (tertiary/aromatic N) is 1. The minimum absolute atomic E-state index is 0.0146. The second kappa shape index (κ2) is 9.72. The van der Waals surface area contributed by atoms with E-state index in [-0.39, 0.29) is 41.5 Å². The Morgan fingerprint density at radius 3 is 2.81 bits per heavy atom. The summed E-state index contributed by atoms with van der Waals surface area (Å²) in [5.41, 5.74) is -1.22. The van der Waals surface area contributed by atoms with Gasteiger partial charge in [0.15, 0.2) is 27.8 Å². The molecule has 3 saturated carbocycles. The third-order valence-electron chi connectivity index (χ3n) is 10.7. The Bertz CT molecular complexity index is 1490. The summed E-state index contributed by atoms with van der Waals surface area (Å²) < 4.78 is 54.3. The first-order chi connectivity index (χ1) is 19.8. The largest absolute Gasteiger partial charge is 0.393 e. The van der Waals surface area contributed by atoms with Crippen LogP contribution in [0.5, 0.6) is 0 Å². The lowest BCUT2D eigenvalue weighted by atomic mass is 9.46. The molecular formula is C31H32F3NO5S2. The monoisotopic (exact) mass is 619 g/mol. The standard InChI is InChI=1S/C31H32F3NO5S2/c1-28-10-9-17(36)11-16(28)7-8-18-19-12-24-31(29(19,2)13-21(37)26(18)28,40-25(39-24)14-30(32,33)34)23(38)15-41-27-35-20-5-3-4-6-22(20)42-27/h3-6,9-11,18-19,21,24-26,37H,7-8,12-15H2,1-2H3/t18?,19?,21-,24-,25?,26?,28?,29?,31+/m0/s1. The van der Waals surface area contributed by atoms with Gasteiger partial charge in [0, 0.05) is 16.7 Å². The predicted molar refractivity (Wildman–Crippen MR) is 152 cm³/mol. The Balaban J connectivity index is 1.23. The van der Waals surface area contributed by atoms with Gasteiger partial charge in [-0.3, -0.25) is 9.59 Å². The van der Waals surface area contributed by atoms with Gasteiger partial charge < -0.3 is 14.6 Å². The molecule has 1 N–H and O–H groups in total. The Labute approximate surface area is 249 Å². The molecular weight excluding hydrogens is 587 g/mol. The number of thiazole rings is 1. The minimum atomic E-state index is -4.52. The van der Waals surface area contributed by atoms with Crippen LogP contribution in [0.2, 0.25) is 0 Å². The maximum Gasteiger partial charge on any atom is 0.393 e. The first-order valence-electron chi connectivity index (χ1n) is 14.4. The lowest BCUT2D eigenvalue weighted by Gasteiger charge is -2.59. The molecule has 9 atom stereocenters. The van der Waals surface area contributed by atoms with Crippen LogP contribution in [0.3, 0.4) is 0 Å². The Morgan fingerprint density at radius 1 is 1.26 bits per heavy atom. The number of hydrogen-bond acceptors (Lipinski definition) is 8. The number of alkyl halides is 3. The molecule has 224 valence electrons. The van der Waals surface area contributed by atoms with Crippen LogP contribution in [0.25, 0.3) is 10.2 Å². The summed E-state index contributed by atoms with van der Waals surface area (Å²) >= 11 is 2.73. The molecule has 1 aliphatic heterocycles. The molecule has 1 aromatic heterocycles. The van der Waals surface area contributed by atoms with E-state index in [4.69, 9.17) is 9.47 Å². The third kappa shape index (κ3) is 4.21. The zero-order valence-corrected chi connectivity index (χ0v) is 24.9. The van der Waals surface area contributed by atoms with E-state index in [0.29, 0.717) is 23.6 Å². The number of allylic oxidation sites excluding steroid dienone is 4. The number of benzene rings is 1. The molecule has 6 unspecified atom stereocenters. The first-order valence-corrected chi connectivity index (χ1v) is 16.2. The molecule has 2 heterocycles. The van der Waals surface area contributed by atoms with Gasteiger partial charge in [-0.1, -0.05) is 49.4 Å². The van der Waals surface area contributed by atoms with Gasteiger partial charge in [0.25, 0.3) is 0 Å². The van der Waals surface area contributed by atoms with Crippen LogP contribution in [0.4, 0.5) is 13.2 Å². The molecule has 0 radical (unpaired) electrons. The van der Waals surface area contributed by atoms with Gasteiger partial charge in [0.2, 0.25) is 0 Å². The van der Waals surface area contributed by atoms with Gasteiger partial charge in [-0.05, 0) is 61.8 Å². The number of carbonyl (C=O) groups excluding carboxylic acids is 2. The zero-order chi connectivity index (χ0) is 29.7. The van der Waals surface area contributed by atoms with E-state index in [9.17, 15) is 27.9 Å². The average molecular weight is 620 g/mol. The number of aliphatic hydroxyl groups is 1. The molecule has 5 aliphatic rings. The highest BCUT2D eigenvalue weighted by Gasteiger charge is 2.76. The van der Waals surface area contributed by atoms with Crippen molar-refractivity contribution in [2.24, 2.45) is 28.6 Å². The summed E-state index contributed by atoms with van der Waals surface area (Å²) in [6.45, 7) is 3.97. The normalized spacial score (nSPS) is 40.8. The van der Waals surface area contributed by atoms with Gasteiger partial charge in [0.05, 0.1) is 34.6 Å². The summed E-state index contributed by atoms with van der Waals surface area (Å²) in [5, 5.41) is 11.8.